The molecule has 0 unspecified atom stereocenters. The molecule has 0 aromatic heterocycles. The molecule has 0 saturated carbocycles. The third-order valence-corrected chi connectivity index (χ3v) is 3.71. The fourth-order valence-corrected chi connectivity index (χ4v) is 0.629. The molecule has 0 aliphatic heterocycles. The minimum Gasteiger partial charge on any atom is -0.0998 e. The first-order chi connectivity index (χ1) is 12.2. The van der Waals surface area contributed by atoms with Crippen molar-refractivity contribution in [1.82, 2.24) is 0 Å². The lowest BCUT2D eigenvalue weighted by atomic mass is 9.94. The molecule has 0 nitrogen and oxygen atoms in total. The standard InChI is InChI=1S/C9H16.C6H14.C6H10.C4H10.C2H6/c1-7(2)6-9(5)8(3)4;1-5-6(2,3)4;1-5(2)6(3)4;1-3-4-2;1-2/h1,6H2,2-5H3;5H2,1-4H3;1,3H2,2,4H3;3-4H2,1-2H3;1-2H3. The third-order valence-electron chi connectivity index (χ3n) is 3.71. The first-order valence-corrected chi connectivity index (χ1v) is 10.7. The van der Waals surface area contributed by atoms with E-state index in [1.165, 1.54) is 36.0 Å². The molecule has 0 spiro atoms. The Hall–Kier alpha value is -1.04. The summed E-state index contributed by atoms with van der Waals surface area (Å²) in [5.41, 5.74) is 6.78. The van der Waals surface area contributed by atoms with Gasteiger partial charge in [-0.05, 0) is 53.4 Å². The summed E-state index contributed by atoms with van der Waals surface area (Å²) in [6.07, 6.45) is 4.97. The van der Waals surface area contributed by atoms with Crippen LogP contribution in [0.2, 0.25) is 0 Å². The summed E-state index contributed by atoms with van der Waals surface area (Å²) in [5.74, 6) is 0. The second-order valence-corrected chi connectivity index (χ2v) is 8.39. The van der Waals surface area contributed by atoms with Gasteiger partial charge in [0, 0.05) is 0 Å². The van der Waals surface area contributed by atoms with Gasteiger partial charge in [-0.3, -0.25) is 0 Å². The van der Waals surface area contributed by atoms with Crippen LogP contribution >= 0.6 is 0 Å². The summed E-state index contributed by atoms with van der Waals surface area (Å²) < 4.78 is 0. The van der Waals surface area contributed by atoms with Gasteiger partial charge in [0.2, 0.25) is 0 Å². The Kier molecular flexibility index (Phi) is 34.0. The first-order valence-electron chi connectivity index (χ1n) is 10.7. The Morgan fingerprint density at radius 2 is 0.926 bits per heavy atom. The van der Waals surface area contributed by atoms with E-state index in [-0.39, 0.29) is 0 Å². The summed E-state index contributed by atoms with van der Waals surface area (Å²) >= 11 is 0. The molecule has 0 N–H and O–H groups in total. The zero-order valence-electron chi connectivity index (χ0n) is 21.9. The summed E-state index contributed by atoms with van der Waals surface area (Å²) in [5, 5.41) is 0. The van der Waals surface area contributed by atoms with E-state index in [9.17, 15) is 0 Å². The maximum absolute atomic E-state index is 3.84. The van der Waals surface area contributed by atoms with E-state index >= 15 is 0 Å². The molecular weight excluding hydrogens is 324 g/mol. The molecular formula is C27H56. The third kappa shape index (κ3) is 58.8. The molecule has 0 atom stereocenters. The molecule has 0 heteroatoms. The molecule has 0 bridgehead atoms. The predicted molar refractivity (Wildman–Crippen MR) is 135 cm³/mol. The second kappa shape index (κ2) is 25.0. The minimum atomic E-state index is 0.542. The lowest BCUT2D eigenvalue weighted by Gasteiger charge is -2.12. The van der Waals surface area contributed by atoms with Crippen LogP contribution in [-0.2, 0) is 0 Å². The maximum atomic E-state index is 3.84. The molecule has 0 amide bonds. The van der Waals surface area contributed by atoms with E-state index < -0.39 is 0 Å². The van der Waals surface area contributed by atoms with Gasteiger partial charge in [-0.15, -0.1) is 0 Å². The van der Waals surface area contributed by atoms with Gasteiger partial charge in [0.15, 0.2) is 0 Å². The van der Waals surface area contributed by atoms with Crippen molar-refractivity contribution >= 4 is 0 Å². The number of allylic oxidation sites excluding steroid dienone is 5. The van der Waals surface area contributed by atoms with Gasteiger partial charge in [0.25, 0.3) is 0 Å². The molecule has 0 fully saturated rings. The smallest absolute Gasteiger partial charge is 0.0114 e. The lowest BCUT2D eigenvalue weighted by molar-refractivity contribution is 0.398. The van der Waals surface area contributed by atoms with Crippen LogP contribution < -0.4 is 0 Å². The molecule has 0 rings (SSSR count). The zero-order chi connectivity index (χ0) is 23.2. The normalized spacial score (nSPS) is 8.67. The van der Waals surface area contributed by atoms with Gasteiger partial charge in [-0.2, -0.15) is 0 Å². The van der Waals surface area contributed by atoms with Crippen LogP contribution in [0.15, 0.2) is 47.6 Å². The molecule has 164 valence electrons. The number of unbranched alkanes of at least 4 members (excludes halogenated alkanes) is 1. The molecule has 27 heavy (non-hydrogen) atoms. The predicted octanol–water partition coefficient (Wildman–Crippen LogP) is 10.7. The Bertz CT molecular complexity index is 365. The maximum Gasteiger partial charge on any atom is -0.0114 e. The van der Waals surface area contributed by atoms with Crippen molar-refractivity contribution in [2.45, 2.75) is 123 Å². The Morgan fingerprint density at radius 3 is 0.963 bits per heavy atom. The van der Waals surface area contributed by atoms with Crippen LogP contribution in [-0.4, -0.2) is 0 Å². The average Bonchev–Trinajstić information content (AvgIpc) is 2.56. The molecule has 0 saturated heterocycles. The van der Waals surface area contributed by atoms with Crippen LogP contribution in [0.25, 0.3) is 0 Å². The number of hydrogen-bond acceptors (Lipinski definition) is 0. The van der Waals surface area contributed by atoms with Crippen LogP contribution in [0.4, 0.5) is 0 Å². The lowest BCUT2D eigenvalue weighted by Crippen LogP contribution is -2.00. The largest absolute Gasteiger partial charge is 0.0998 e. The highest BCUT2D eigenvalue weighted by Gasteiger charge is 2.03. The SMILES string of the molecule is C=C(C)C(=C)C.C=C(C)CC(C)=C(C)C.CC.CCC(C)(C)C.CCCC. The van der Waals surface area contributed by atoms with Crippen molar-refractivity contribution in [2.75, 3.05) is 0 Å². The van der Waals surface area contributed by atoms with Crippen LogP contribution in [0.3, 0.4) is 0 Å². The Labute approximate surface area is 175 Å². The highest BCUT2D eigenvalue weighted by atomic mass is 14.1. The van der Waals surface area contributed by atoms with Crippen molar-refractivity contribution in [3.8, 4) is 0 Å². The molecule has 0 heterocycles. The Morgan fingerprint density at radius 1 is 0.667 bits per heavy atom. The molecule has 0 aromatic carbocycles. The summed E-state index contributed by atoms with van der Waals surface area (Å²) in [7, 11) is 0. The highest BCUT2D eigenvalue weighted by Crippen LogP contribution is 2.16. The van der Waals surface area contributed by atoms with Crippen LogP contribution in [0, 0.1) is 5.41 Å². The highest BCUT2D eigenvalue weighted by molar-refractivity contribution is 5.19. The van der Waals surface area contributed by atoms with Gasteiger partial charge >= 0.3 is 0 Å². The van der Waals surface area contributed by atoms with Crippen molar-refractivity contribution in [1.29, 1.82) is 0 Å². The molecule has 0 aliphatic carbocycles. The van der Waals surface area contributed by atoms with Gasteiger partial charge in [-0.1, -0.05) is 122 Å². The average molecular weight is 381 g/mol. The summed E-state index contributed by atoms with van der Waals surface area (Å²) in [4.78, 5) is 0. The van der Waals surface area contributed by atoms with Gasteiger partial charge in [0.1, 0.15) is 0 Å². The summed E-state index contributed by atoms with van der Waals surface area (Å²) in [6, 6.07) is 0. The molecule has 0 aromatic rings. The molecule has 0 aliphatic rings. The number of rotatable bonds is 4. The van der Waals surface area contributed by atoms with E-state index in [2.05, 4.69) is 89.0 Å². The van der Waals surface area contributed by atoms with Gasteiger partial charge in [0.05, 0.1) is 0 Å². The second-order valence-electron chi connectivity index (χ2n) is 8.39. The fraction of sp³-hybridized carbons (Fsp3) is 0.704. The minimum absolute atomic E-state index is 0.542. The number of hydrogen-bond donors (Lipinski definition) is 0. The van der Waals surface area contributed by atoms with E-state index in [4.69, 9.17) is 0 Å². The molecule has 0 radical (unpaired) electrons. The fourth-order valence-electron chi connectivity index (χ4n) is 0.629. The van der Waals surface area contributed by atoms with Crippen molar-refractivity contribution in [3.05, 3.63) is 47.6 Å². The topological polar surface area (TPSA) is 0 Å². The first kappa shape index (κ1) is 36.8. The quantitative estimate of drug-likeness (QED) is 0.336. The van der Waals surface area contributed by atoms with E-state index in [0.717, 1.165) is 17.6 Å². The van der Waals surface area contributed by atoms with Crippen molar-refractivity contribution in [3.63, 3.8) is 0 Å². The van der Waals surface area contributed by atoms with Gasteiger partial charge < -0.3 is 0 Å². The monoisotopic (exact) mass is 380 g/mol. The summed E-state index contributed by atoms with van der Waals surface area (Å²) in [6.45, 7) is 40.8. The van der Waals surface area contributed by atoms with Crippen molar-refractivity contribution in [2.24, 2.45) is 5.41 Å². The van der Waals surface area contributed by atoms with Crippen LogP contribution in [0.5, 0.6) is 0 Å². The van der Waals surface area contributed by atoms with E-state index in [1.54, 1.807) is 0 Å². The van der Waals surface area contributed by atoms with Crippen molar-refractivity contribution < 1.29 is 0 Å². The van der Waals surface area contributed by atoms with E-state index in [1.807, 2.05) is 27.7 Å². The Balaban J connectivity index is -0.0000000800. The van der Waals surface area contributed by atoms with E-state index in [0.29, 0.717) is 5.41 Å². The zero-order valence-corrected chi connectivity index (χ0v) is 21.9. The van der Waals surface area contributed by atoms with Crippen LogP contribution in [0.1, 0.15) is 123 Å². The van der Waals surface area contributed by atoms with Gasteiger partial charge in [-0.25, -0.2) is 0 Å².